The lowest BCUT2D eigenvalue weighted by Crippen LogP contribution is -2.41. The number of hydrogen-bond donors (Lipinski definition) is 0. The minimum absolute atomic E-state index is 0.163. The fourth-order valence-corrected chi connectivity index (χ4v) is 3.87. The van der Waals surface area contributed by atoms with Crippen molar-refractivity contribution in [1.29, 1.82) is 0 Å². The summed E-state index contributed by atoms with van der Waals surface area (Å²) in [4.78, 5) is 11.4. The number of rotatable bonds is 5. The van der Waals surface area contributed by atoms with Crippen LogP contribution in [0.1, 0.15) is 52.2 Å². The van der Waals surface area contributed by atoms with Crippen molar-refractivity contribution in [3.8, 4) is 0 Å². The predicted molar refractivity (Wildman–Crippen MR) is 101 cm³/mol. The maximum absolute atomic E-state index is 11.4. The SMILES string of the molecule is CC(=O)OC1=CC(C)(CCO[Si](C)(C)C(C)(C)C)c2ccccc21. The third-order valence-electron chi connectivity index (χ3n) is 5.40. The van der Waals surface area contributed by atoms with Crippen molar-refractivity contribution in [1.82, 2.24) is 0 Å². The Hall–Kier alpha value is -1.39. The van der Waals surface area contributed by atoms with E-state index in [9.17, 15) is 4.79 Å². The first kappa shape index (κ1) is 18.9. The molecule has 1 aliphatic rings. The average molecular weight is 347 g/mol. The van der Waals surface area contributed by atoms with Gasteiger partial charge in [-0.05, 0) is 36.2 Å². The molecule has 1 unspecified atom stereocenters. The predicted octanol–water partition coefficient (Wildman–Crippen LogP) is 5.27. The molecule has 0 saturated heterocycles. The zero-order valence-corrected chi connectivity index (χ0v) is 17.0. The zero-order chi connectivity index (χ0) is 18.2. The second-order valence-electron chi connectivity index (χ2n) is 8.42. The van der Waals surface area contributed by atoms with Gasteiger partial charge in [0.05, 0.1) is 0 Å². The smallest absolute Gasteiger partial charge is 0.308 e. The van der Waals surface area contributed by atoms with Gasteiger partial charge < -0.3 is 9.16 Å². The largest absolute Gasteiger partial charge is 0.426 e. The number of hydrogen-bond acceptors (Lipinski definition) is 3. The van der Waals surface area contributed by atoms with E-state index < -0.39 is 8.32 Å². The van der Waals surface area contributed by atoms with E-state index >= 15 is 0 Å². The molecule has 2 rings (SSSR count). The highest BCUT2D eigenvalue weighted by molar-refractivity contribution is 6.74. The van der Waals surface area contributed by atoms with Gasteiger partial charge in [0.2, 0.25) is 0 Å². The Morgan fingerprint density at radius 2 is 1.83 bits per heavy atom. The Balaban J connectivity index is 2.17. The molecule has 0 aromatic heterocycles. The molecule has 1 aromatic carbocycles. The maximum atomic E-state index is 11.4. The molecular formula is C20H30O3Si. The van der Waals surface area contributed by atoms with Crippen molar-refractivity contribution in [3.63, 3.8) is 0 Å². The summed E-state index contributed by atoms with van der Waals surface area (Å²) >= 11 is 0. The first-order valence-electron chi connectivity index (χ1n) is 8.61. The summed E-state index contributed by atoms with van der Waals surface area (Å²) in [5.74, 6) is 0.394. The molecule has 0 saturated carbocycles. The molecule has 24 heavy (non-hydrogen) atoms. The molecule has 0 aliphatic heterocycles. The summed E-state index contributed by atoms with van der Waals surface area (Å²) in [6.07, 6.45) is 2.95. The quantitative estimate of drug-likeness (QED) is 0.538. The van der Waals surface area contributed by atoms with Gasteiger partial charge in [0.1, 0.15) is 5.76 Å². The Labute approximate surface area is 147 Å². The highest BCUT2D eigenvalue weighted by Gasteiger charge is 2.39. The molecule has 3 nitrogen and oxygen atoms in total. The van der Waals surface area contributed by atoms with E-state index in [2.05, 4.69) is 52.9 Å². The first-order valence-corrected chi connectivity index (χ1v) is 11.5. The topological polar surface area (TPSA) is 35.5 Å². The van der Waals surface area contributed by atoms with E-state index in [0.29, 0.717) is 12.4 Å². The fraction of sp³-hybridized carbons (Fsp3) is 0.550. The van der Waals surface area contributed by atoms with Crippen molar-refractivity contribution in [3.05, 3.63) is 41.5 Å². The van der Waals surface area contributed by atoms with E-state index in [1.54, 1.807) is 0 Å². The highest BCUT2D eigenvalue weighted by atomic mass is 28.4. The number of fused-ring (bicyclic) bond motifs is 1. The number of esters is 1. The van der Waals surface area contributed by atoms with Crippen LogP contribution in [0.2, 0.25) is 18.1 Å². The summed E-state index contributed by atoms with van der Waals surface area (Å²) in [6.45, 7) is 15.7. The van der Waals surface area contributed by atoms with Gasteiger partial charge in [0, 0.05) is 24.5 Å². The third kappa shape index (κ3) is 3.81. The van der Waals surface area contributed by atoms with Crippen LogP contribution in [0.3, 0.4) is 0 Å². The lowest BCUT2D eigenvalue weighted by molar-refractivity contribution is -0.134. The van der Waals surface area contributed by atoms with Crippen molar-refractivity contribution in [2.75, 3.05) is 6.61 Å². The molecule has 1 aliphatic carbocycles. The van der Waals surface area contributed by atoms with Gasteiger partial charge in [-0.15, -0.1) is 0 Å². The highest BCUT2D eigenvalue weighted by Crippen LogP contribution is 2.44. The van der Waals surface area contributed by atoms with E-state index in [4.69, 9.17) is 9.16 Å². The molecule has 0 spiro atoms. The standard InChI is InChI=1S/C20H30O3Si/c1-15(21)23-18-14-20(5,17-11-9-8-10-16(17)18)12-13-22-24(6,7)19(2,3)4/h8-11,14H,12-13H2,1-7H3. The van der Waals surface area contributed by atoms with Crippen LogP contribution in [0.4, 0.5) is 0 Å². The molecule has 1 aromatic rings. The second-order valence-corrected chi connectivity index (χ2v) is 13.2. The summed E-state index contributed by atoms with van der Waals surface area (Å²) in [5, 5.41) is 0.209. The summed E-state index contributed by atoms with van der Waals surface area (Å²) in [6, 6.07) is 8.16. The van der Waals surface area contributed by atoms with Crippen molar-refractivity contribution in [2.24, 2.45) is 0 Å². The van der Waals surface area contributed by atoms with Gasteiger partial charge in [0.15, 0.2) is 8.32 Å². The molecule has 132 valence electrons. The molecule has 0 heterocycles. The Bertz CT molecular complexity index is 655. The maximum Gasteiger partial charge on any atom is 0.308 e. The van der Waals surface area contributed by atoms with E-state index in [1.165, 1.54) is 12.5 Å². The lowest BCUT2D eigenvalue weighted by atomic mass is 9.82. The number of benzene rings is 1. The van der Waals surface area contributed by atoms with Crippen LogP contribution in [-0.4, -0.2) is 20.9 Å². The van der Waals surface area contributed by atoms with Crippen LogP contribution in [0.25, 0.3) is 5.76 Å². The minimum atomic E-state index is -1.75. The average Bonchev–Trinajstić information content (AvgIpc) is 2.70. The number of carbonyl (C=O) groups is 1. The molecule has 0 radical (unpaired) electrons. The second kappa shape index (κ2) is 6.49. The molecule has 1 atom stereocenters. The van der Waals surface area contributed by atoms with Crippen LogP contribution in [0, 0.1) is 0 Å². The lowest BCUT2D eigenvalue weighted by Gasteiger charge is -2.37. The Morgan fingerprint density at radius 3 is 2.42 bits per heavy atom. The molecule has 4 heteroatoms. The number of ether oxygens (including phenoxy) is 1. The first-order chi connectivity index (χ1) is 11.0. The van der Waals surface area contributed by atoms with Crippen LogP contribution >= 0.6 is 0 Å². The molecular weight excluding hydrogens is 316 g/mol. The van der Waals surface area contributed by atoms with E-state index in [-0.39, 0.29) is 16.4 Å². The van der Waals surface area contributed by atoms with E-state index in [1.807, 2.05) is 18.2 Å². The van der Waals surface area contributed by atoms with Crippen LogP contribution in [-0.2, 0) is 19.4 Å². The minimum Gasteiger partial charge on any atom is -0.426 e. The monoisotopic (exact) mass is 346 g/mol. The molecule has 0 bridgehead atoms. The van der Waals surface area contributed by atoms with Gasteiger partial charge in [-0.2, -0.15) is 0 Å². The van der Waals surface area contributed by atoms with Gasteiger partial charge in [0.25, 0.3) is 0 Å². The summed E-state index contributed by atoms with van der Waals surface area (Å²) in [5.41, 5.74) is 2.06. The fourth-order valence-electron chi connectivity index (χ4n) is 2.82. The van der Waals surface area contributed by atoms with Gasteiger partial charge >= 0.3 is 5.97 Å². The van der Waals surface area contributed by atoms with Crippen molar-refractivity contribution < 1.29 is 14.0 Å². The summed E-state index contributed by atoms with van der Waals surface area (Å²) in [7, 11) is -1.75. The zero-order valence-electron chi connectivity index (χ0n) is 16.0. The van der Waals surface area contributed by atoms with Crippen LogP contribution in [0.15, 0.2) is 30.3 Å². The third-order valence-corrected chi connectivity index (χ3v) is 9.94. The molecule has 0 amide bonds. The van der Waals surface area contributed by atoms with Crippen molar-refractivity contribution in [2.45, 2.75) is 64.6 Å². The van der Waals surface area contributed by atoms with Gasteiger partial charge in [-0.25, -0.2) is 0 Å². The van der Waals surface area contributed by atoms with Crippen LogP contribution in [0.5, 0.6) is 0 Å². The molecule has 0 N–H and O–H groups in total. The van der Waals surface area contributed by atoms with Gasteiger partial charge in [-0.3, -0.25) is 4.79 Å². The Kier molecular flexibility index (Phi) is 5.12. The number of carbonyl (C=O) groups excluding carboxylic acids is 1. The normalized spacial score (nSPS) is 20.5. The van der Waals surface area contributed by atoms with E-state index in [0.717, 1.165) is 12.0 Å². The van der Waals surface area contributed by atoms with Gasteiger partial charge in [-0.1, -0.05) is 52.0 Å². The Morgan fingerprint density at radius 1 is 1.21 bits per heavy atom. The molecule has 0 fully saturated rings. The summed E-state index contributed by atoms with van der Waals surface area (Å²) < 4.78 is 11.8. The van der Waals surface area contributed by atoms with Crippen molar-refractivity contribution >= 4 is 20.0 Å². The number of allylic oxidation sites excluding steroid dienone is 1. The van der Waals surface area contributed by atoms with Crippen LogP contribution < -0.4 is 0 Å².